The largest absolute Gasteiger partial charge is 0.396 e. The molecule has 2 N–H and O–H groups in total. The van der Waals surface area contributed by atoms with Gasteiger partial charge in [-0.2, -0.15) is 0 Å². The van der Waals surface area contributed by atoms with Crippen LogP contribution in [0, 0.1) is 5.92 Å². The number of hydrogen-bond acceptors (Lipinski definition) is 3. The summed E-state index contributed by atoms with van der Waals surface area (Å²) in [5, 5.41) is 11.7. The van der Waals surface area contributed by atoms with E-state index in [0.29, 0.717) is 18.7 Å². The Morgan fingerprint density at radius 1 is 1.47 bits per heavy atom. The molecule has 0 fully saturated rings. The number of methoxy groups -OCH3 is 1. The highest BCUT2D eigenvalue weighted by atomic mass is 16.5. The van der Waals surface area contributed by atoms with Crippen molar-refractivity contribution >= 4 is 5.91 Å². The predicted molar refractivity (Wildman–Crippen MR) is 65.7 cm³/mol. The van der Waals surface area contributed by atoms with Crippen LogP contribution in [0.15, 0.2) is 24.3 Å². The molecular weight excluding hydrogens is 218 g/mol. The first-order valence-corrected chi connectivity index (χ1v) is 5.65. The molecule has 1 aromatic rings. The molecule has 0 heterocycles. The standard InChI is InChI=1S/C13H19NO3/c1-10(8-15)7-14-13(16)12-6-4-3-5-11(12)9-17-2/h3-6,10,15H,7-9H2,1-2H3,(H,14,16). The van der Waals surface area contributed by atoms with Crippen molar-refractivity contribution in [3.05, 3.63) is 35.4 Å². The highest BCUT2D eigenvalue weighted by molar-refractivity contribution is 5.95. The van der Waals surface area contributed by atoms with Crippen LogP contribution in [-0.4, -0.2) is 31.3 Å². The molecule has 0 saturated heterocycles. The maximum absolute atomic E-state index is 11.9. The molecule has 0 saturated carbocycles. The summed E-state index contributed by atoms with van der Waals surface area (Å²) in [5.74, 6) is -0.0634. The third kappa shape index (κ3) is 4.17. The van der Waals surface area contributed by atoms with Crippen LogP contribution in [-0.2, 0) is 11.3 Å². The first-order chi connectivity index (χ1) is 8.19. The third-order valence-electron chi connectivity index (χ3n) is 2.48. The molecule has 0 spiro atoms. The van der Waals surface area contributed by atoms with Gasteiger partial charge in [-0.1, -0.05) is 25.1 Å². The lowest BCUT2D eigenvalue weighted by molar-refractivity contribution is 0.0937. The van der Waals surface area contributed by atoms with Gasteiger partial charge in [0.1, 0.15) is 0 Å². The van der Waals surface area contributed by atoms with Crippen LogP contribution in [0.25, 0.3) is 0 Å². The van der Waals surface area contributed by atoms with Gasteiger partial charge in [0, 0.05) is 25.8 Å². The topological polar surface area (TPSA) is 58.6 Å². The second-order valence-corrected chi connectivity index (χ2v) is 4.09. The average molecular weight is 237 g/mol. The Bertz CT molecular complexity index is 365. The Kier molecular flexibility index (Phi) is 5.66. The fraction of sp³-hybridized carbons (Fsp3) is 0.462. The Morgan fingerprint density at radius 2 is 2.18 bits per heavy atom. The summed E-state index contributed by atoms with van der Waals surface area (Å²) in [6.45, 7) is 2.83. The van der Waals surface area contributed by atoms with Crippen LogP contribution in [0.1, 0.15) is 22.8 Å². The summed E-state index contributed by atoms with van der Waals surface area (Å²) < 4.78 is 5.05. The SMILES string of the molecule is COCc1ccccc1C(=O)NCC(C)CO. The molecule has 4 heteroatoms. The fourth-order valence-electron chi connectivity index (χ4n) is 1.45. The smallest absolute Gasteiger partial charge is 0.251 e. The van der Waals surface area contributed by atoms with Crippen molar-refractivity contribution in [2.24, 2.45) is 5.92 Å². The van der Waals surface area contributed by atoms with Crippen molar-refractivity contribution in [2.75, 3.05) is 20.3 Å². The first kappa shape index (κ1) is 13.7. The normalized spacial score (nSPS) is 12.2. The quantitative estimate of drug-likeness (QED) is 0.781. The van der Waals surface area contributed by atoms with Gasteiger partial charge in [-0.25, -0.2) is 0 Å². The zero-order valence-corrected chi connectivity index (χ0v) is 10.3. The summed E-state index contributed by atoms with van der Waals surface area (Å²) >= 11 is 0. The molecule has 1 atom stereocenters. The summed E-state index contributed by atoms with van der Waals surface area (Å²) in [5.41, 5.74) is 1.49. The molecule has 0 aliphatic carbocycles. The average Bonchev–Trinajstić information content (AvgIpc) is 2.36. The number of benzene rings is 1. The molecular formula is C13H19NO3. The van der Waals surface area contributed by atoms with Crippen LogP contribution in [0.5, 0.6) is 0 Å². The van der Waals surface area contributed by atoms with E-state index < -0.39 is 0 Å². The van der Waals surface area contributed by atoms with E-state index in [0.717, 1.165) is 5.56 Å². The Morgan fingerprint density at radius 3 is 2.82 bits per heavy atom. The summed E-state index contributed by atoms with van der Waals surface area (Å²) in [6.07, 6.45) is 0. The molecule has 4 nitrogen and oxygen atoms in total. The minimum absolute atomic E-state index is 0.0635. The van der Waals surface area contributed by atoms with E-state index in [1.54, 1.807) is 13.2 Å². The number of amides is 1. The molecule has 0 aliphatic heterocycles. The lowest BCUT2D eigenvalue weighted by Gasteiger charge is -2.12. The Hall–Kier alpha value is -1.39. The van der Waals surface area contributed by atoms with E-state index >= 15 is 0 Å². The van der Waals surface area contributed by atoms with Crippen molar-refractivity contribution in [2.45, 2.75) is 13.5 Å². The summed E-state index contributed by atoms with van der Waals surface area (Å²) in [4.78, 5) is 11.9. The second-order valence-electron chi connectivity index (χ2n) is 4.09. The molecule has 1 rings (SSSR count). The van der Waals surface area contributed by atoms with Gasteiger partial charge in [-0.05, 0) is 17.5 Å². The van der Waals surface area contributed by atoms with Gasteiger partial charge in [0.05, 0.1) is 6.61 Å². The van der Waals surface area contributed by atoms with Gasteiger partial charge in [0.2, 0.25) is 0 Å². The second kappa shape index (κ2) is 7.04. The third-order valence-corrected chi connectivity index (χ3v) is 2.48. The number of aliphatic hydroxyl groups excluding tert-OH is 1. The molecule has 1 amide bonds. The number of rotatable bonds is 6. The van der Waals surface area contributed by atoms with E-state index in [9.17, 15) is 4.79 Å². The Labute approximate surface area is 102 Å². The Balaban J connectivity index is 2.67. The van der Waals surface area contributed by atoms with Gasteiger partial charge in [-0.3, -0.25) is 4.79 Å². The maximum Gasteiger partial charge on any atom is 0.251 e. The number of ether oxygens (including phenoxy) is 1. The van der Waals surface area contributed by atoms with Crippen LogP contribution < -0.4 is 5.32 Å². The van der Waals surface area contributed by atoms with E-state index in [2.05, 4.69) is 5.32 Å². The minimum atomic E-state index is -0.127. The molecule has 0 radical (unpaired) electrons. The molecule has 0 aromatic heterocycles. The highest BCUT2D eigenvalue weighted by Crippen LogP contribution is 2.09. The van der Waals surface area contributed by atoms with Crippen LogP contribution in [0.2, 0.25) is 0 Å². The number of nitrogens with one attached hydrogen (secondary N) is 1. The van der Waals surface area contributed by atoms with Crippen molar-refractivity contribution < 1.29 is 14.6 Å². The molecule has 17 heavy (non-hydrogen) atoms. The number of aliphatic hydroxyl groups is 1. The molecule has 0 aliphatic rings. The number of carbonyl (C=O) groups is 1. The van der Waals surface area contributed by atoms with Crippen molar-refractivity contribution in [1.82, 2.24) is 5.32 Å². The van der Waals surface area contributed by atoms with Crippen molar-refractivity contribution in [3.8, 4) is 0 Å². The van der Waals surface area contributed by atoms with Crippen molar-refractivity contribution in [1.29, 1.82) is 0 Å². The van der Waals surface area contributed by atoms with Gasteiger partial charge in [0.15, 0.2) is 0 Å². The van der Waals surface area contributed by atoms with Crippen molar-refractivity contribution in [3.63, 3.8) is 0 Å². The monoisotopic (exact) mass is 237 g/mol. The maximum atomic E-state index is 11.9. The van der Waals surface area contributed by atoms with Gasteiger partial charge in [-0.15, -0.1) is 0 Å². The van der Waals surface area contributed by atoms with Gasteiger partial charge >= 0.3 is 0 Å². The zero-order chi connectivity index (χ0) is 12.7. The van der Waals surface area contributed by atoms with Crippen LogP contribution >= 0.6 is 0 Å². The van der Waals surface area contributed by atoms with E-state index in [1.165, 1.54) is 0 Å². The highest BCUT2D eigenvalue weighted by Gasteiger charge is 2.11. The molecule has 1 unspecified atom stereocenters. The zero-order valence-electron chi connectivity index (χ0n) is 10.3. The molecule has 0 bridgehead atoms. The lowest BCUT2D eigenvalue weighted by Crippen LogP contribution is -2.30. The number of carbonyl (C=O) groups excluding carboxylic acids is 1. The molecule has 94 valence electrons. The van der Waals surface area contributed by atoms with Crippen LogP contribution in [0.3, 0.4) is 0 Å². The lowest BCUT2D eigenvalue weighted by atomic mass is 10.1. The van der Waals surface area contributed by atoms with E-state index in [4.69, 9.17) is 9.84 Å². The first-order valence-electron chi connectivity index (χ1n) is 5.65. The van der Waals surface area contributed by atoms with E-state index in [-0.39, 0.29) is 18.4 Å². The predicted octanol–water partition coefficient (Wildman–Crippen LogP) is 1.19. The van der Waals surface area contributed by atoms with Gasteiger partial charge < -0.3 is 15.2 Å². The summed E-state index contributed by atoms with van der Waals surface area (Å²) in [7, 11) is 1.60. The number of hydrogen-bond donors (Lipinski definition) is 2. The van der Waals surface area contributed by atoms with E-state index in [1.807, 2.05) is 25.1 Å². The van der Waals surface area contributed by atoms with Crippen LogP contribution in [0.4, 0.5) is 0 Å². The minimum Gasteiger partial charge on any atom is -0.396 e. The summed E-state index contributed by atoms with van der Waals surface area (Å²) in [6, 6.07) is 7.34. The fourth-order valence-corrected chi connectivity index (χ4v) is 1.45. The van der Waals surface area contributed by atoms with Gasteiger partial charge in [0.25, 0.3) is 5.91 Å². The molecule has 1 aromatic carbocycles.